The minimum absolute atomic E-state index is 0.0909. The van der Waals surface area contributed by atoms with Crippen molar-refractivity contribution in [2.75, 3.05) is 30.4 Å². The smallest absolute Gasteiger partial charge is 0.243 e. The van der Waals surface area contributed by atoms with Gasteiger partial charge in [-0.3, -0.25) is 4.79 Å². The number of nitrogens with one attached hydrogen (secondary N) is 1. The molecule has 1 aliphatic heterocycles. The van der Waals surface area contributed by atoms with Gasteiger partial charge in [0.25, 0.3) is 0 Å². The fourth-order valence-electron chi connectivity index (χ4n) is 2.99. The Bertz CT molecular complexity index is 634. The maximum absolute atomic E-state index is 12.7. The molecule has 23 heavy (non-hydrogen) atoms. The predicted octanol–water partition coefficient (Wildman–Crippen LogP) is 2.65. The molecule has 0 aliphatic carbocycles. The molecule has 2 atom stereocenters. The second-order valence-electron chi connectivity index (χ2n) is 6.27. The molecule has 1 aromatic rings. The number of rotatable bonds is 5. The highest BCUT2D eigenvalue weighted by molar-refractivity contribution is 7.99. The molecule has 0 unspecified atom stereocenters. The molecule has 0 bridgehead atoms. The van der Waals surface area contributed by atoms with Crippen molar-refractivity contribution >= 4 is 33.4 Å². The van der Waals surface area contributed by atoms with Gasteiger partial charge in [-0.25, -0.2) is 8.42 Å². The van der Waals surface area contributed by atoms with Crippen LogP contribution >= 0.6 is 11.8 Å². The highest BCUT2D eigenvalue weighted by atomic mass is 32.2. The predicted molar refractivity (Wildman–Crippen MR) is 95.2 cm³/mol. The van der Waals surface area contributed by atoms with Crippen LogP contribution in [0.3, 0.4) is 0 Å². The van der Waals surface area contributed by atoms with Crippen molar-refractivity contribution in [2.45, 2.75) is 25.2 Å². The topological polar surface area (TPSA) is 66.5 Å². The lowest BCUT2D eigenvalue weighted by molar-refractivity contribution is -0.113. The fraction of sp³-hybridized carbons (Fsp3) is 0.562. The third-order valence-electron chi connectivity index (χ3n) is 3.89. The molecule has 1 aromatic carbocycles. The van der Waals surface area contributed by atoms with Crippen LogP contribution in [0.4, 0.5) is 5.69 Å². The molecule has 128 valence electrons. The molecular weight excluding hydrogens is 332 g/mol. The maximum Gasteiger partial charge on any atom is 0.243 e. The van der Waals surface area contributed by atoms with Gasteiger partial charge in [-0.15, -0.1) is 0 Å². The summed E-state index contributed by atoms with van der Waals surface area (Å²) >= 11 is 1.44. The van der Waals surface area contributed by atoms with Gasteiger partial charge >= 0.3 is 0 Å². The first kappa shape index (κ1) is 18.3. The molecule has 1 aliphatic rings. The highest BCUT2D eigenvalue weighted by Gasteiger charge is 2.31. The number of piperidine rings is 1. The molecule has 5 nitrogen and oxygen atoms in total. The van der Waals surface area contributed by atoms with Crippen LogP contribution in [0.15, 0.2) is 29.2 Å². The van der Waals surface area contributed by atoms with E-state index in [2.05, 4.69) is 19.2 Å². The van der Waals surface area contributed by atoms with Crippen LogP contribution < -0.4 is 5.32 Å². The van der Waals surface area contributed by atoms with Gasteiger partial charge in [0.05, 0.1) is 10.6 Å². The van der Waals surface area contributed by atoms with Gasteiger partial charge in [0.1, 0.15) is 0 Å². The second kappa shape index (κ2) is 7.68. The van der Waals surface area contributed by atoms with Crippen molar-refractivity contribution in [1.29, 1.82) is 0 Å². The molecule has 1 saturated heterocycles. The molecule has 1 heterocycles. The minimum atomic E-state index is -3.47. The van der Waals surface area contributed by atoms with Crippen LogP contribution in [0.2, 0.25) is 0 Å². The summed E-state index contributed by atoms with van der Waals surface area (Å²) in [6.45, 7) is 5.31. The Morgan fingerprint density at radius 2 is 1.78 bits per heavy atom. The average molecular weight is 357 g/mol. The van der Waals surface area contributed by atoms with E-state index >= 15 is 0 Å². The van der Waals surface area contributed by atoms with E-state index in [1.165, 1.54) is 11.8 Å². The number of carbonyl (C=O) groups excluding carboxylic acids is 1. The summed E-state index contributed by atoms with van der Waals surface area (Å²) in [5, 5.41) is 2.75. The van der Waals surface area contributed by atoms with E-state index in [9.17, 15) is 13.2 Å². The molecule has 1 fully saturated rings. The number of benzene rings is 1. The lowest BCUT2D eigenvalue weighted by atomic mass is 9.94. The number of hydrogen-bond donors (Lipinski definition) is 1. The fourth-order valence-corrected chi connectivity index (χ4v) is 5.00. The summed E-state index contributed by atoms with van der Waals surface area (Å²) in [6, 6.07) is 6.41. The number of amides is 1. The molecule has 1 amide bonds. The van der Waals surface area contributed by atoms with Crippen LogP contribution in [0.1, 0.15) is 20.3 Å². The molecule has 0 spiro atoms. The van der Waals surface area contributed by atoms with Crippen LogP contribution in [0.5, 0.6) is 0 Å². The summed E-state index contributed by atoms with van der Waals surface area (Å²) in [6.07, 6.45) is 2.92. The Morgan fingerprint density at radius 3 is 2.30 bits per heavy atom. The van der Waals surface area contributed by atoms with E-state index in [-0.39, 0.29) is 10.8 Å². The van der Waals surface area contributed by atoms with Gasteiger partial charge < -0.3 is 5.32 Å². The maximum atomic E-state index is 12.7. The third-order valence-corrected chi connectivity index (χ3v) is 6.28. The summed E-state index contributed by atoms with van der Waals surface area (Å²) < 4.78 is 27.1. The first-order chi connectivity index (χ1) is 10.8. The van der Waals surface area contributed by atoms with Gasteiger partial charge in [0, 0.05) is 18.8 Å². The molecular formula is C16H24N2O3S2. The van der Waals surface area contributed by atoms with Crippen LogP contribution in [-0.4, -0.2) is 43.7 Å². The first-order valence-corrected chi connectivity index (χ1v) is 10.6. The number of anilines is 1. The molecule has 2 rings (SSSR count). The minimum Gasteiger partial charge on any atom is -0.325 e. The Morgan fingerprint density at radius 1 is 1.22 bits per heavy atom. The number of carbonyl (C=O) groups is 1. The quantitative estimate of drug-likeness (QED) is 0.881. The lowest BCUT2D eigenvalue weighted by Crippen LogP contribution is -2.42. The lowest BCUT2D eigenvalue weighted by Gasteiger charge is -2.34. The number of sulfonamides is 1. The molecule has 0 saturated carbocycles. The van der Waals surface area contributed by atoms with E-state index in [0.29, 0.717) is 36.4 Å². The second-order valence-corrected chi connectivity index (χ2v) is 9.08. The standard InChI is InChI=1S/C16H24N2O3S2/c1-12-8-13(2)10-18(9-12)23(20,21)15-6-4-14(5-7-15)17-16(19)11-22-3/h4-7,12-13H,8-11H2,1-3H3,(H,17,19)/t12-,13-/m0/s1. The molecule has 0 radical (unpaired) electrons. The van der Waals surface area contributed by atoms with E-state index in [4.69, 9.17) is 0 Å². The van der Waals surface area contributed by atoms with E-state index in [1.807, 2.05) is 6.26 Å². The van der Waals surface area contributed by atoms with Gasteiger partial charge in [-0.1, -0.05) is 13.8 Å². The Hall–Kier alpha value is -1.05. The number of thioether (sulfide) groups is 1. The summed E-state index contributed by atoms with van der Waals surface area (Å²) in [5.41, 5.74) is 0.614. The highest BCUT2D eigenvalue weighted by Crippen LogP contribution is 2.27. The number of hydrogen-bond acceptors (Lipinski definition) is 4. The van der Waals surface area contributed by atoms with Crippen molar-refractivity contribution in [2.24, 2.45) is 11.8 Å². The normalized spacial score (nSPS) is 22.7. The van der Waals surface area contributed by atoms with Gasteiger partial charge in [0.2, 0.25) is 15.9 Å². The summed E-state index contributed by atoms with van der Waals surface area (Å²) in [4.78, 5) is 11.8. The zero-order chi connectivity index (χ0) is 17.0. The average Bonchev–Trinajstić information content (AvgIpc) is 2.47. The van der Waals surface area contributed by atoms with Crippen molar-refractivity contribution < 1.29 is 13.2 Å². The SMILES string of the molecule is CSCC(=O)Nc1ccc(S(=O)(=O)N2C[C@@H](C)C[C@H](C)C2)cc1. The van der Waals surface area contributed by atoms with Crippen molar-refractivity contribution in [3.8, 4) is 0 Å². The number of nitrogens with zero attached hydrogens (tertiary/aromatic N) is 1. The molecule has 1 N–H and O–H groups in total. The summed E-state index contributed by atoms with van der Waals surface area (Å²) in [5.74, 6) is 1.04. The van der Waals surface area contributed by atoms with E-state index in [0.717, 1.165) is 6.42 Å². The van der Waals surface area contributed by atoms with Crippen molar-refractivity contribution in [3.63, 3.8) is 0 Å². The first-order valence-electron chi connectivity index (χ1n) is 7.72. The van der Waals surface area contributed by atoms with Crippen LogP contribution in [0, 0.1) is 11.8 Å². The van der Waals surface area contributed by atoms with E-state index < -0.39 is 10.0 Å². The summed E-state index contributed by atoms with van der Waals surface area (Å²) in [7, 11) is -3.47. The zero-order valence-corrected chi connectivity index (χ0v) is 15.4. The van der Waals surface area contributed by atoms with Crippen LogP contribution in [0.25, 0.3) is 0 Å². The Kier molecular flexibility index (Phi) is 6.11. The Labute approximate surface area is 142 Å². The zero-order valence-electron chi connectivity index (χ0n) is 13.8. The molecule has 7 heteroatoms. The van der Waals surface area contributed by atoms with Crippen molar-refractivity contribution in [3.05, 3.63) is 24.3 Å². The van der Waals surface area contributed by atoms with Gasteiger partial charge in [-0.2, -0.15) is 16.1 Å². The van der Waals surface area contributed by atoms with Crippen molar-refractivity contribution in [1.82, 2.24) is 4.31 Å². The van der Waals surface area contributed by atoms with Gasteiger partial charge in [-0.05, 0) is 48.8 Å². The van der Waals surface area contributed by atoms with Gasteiger partial charge in [0.15, 0.2) is 0 Å². The van der Waals surface area contributed by atoms with Crippen LogP contribution in [-0.2, 0) is 14.8 Å². The van der Waals surface area contributed by atoms with E-state index in [1.54, 1.807) is 28.6 Å². The molecule has 0 aromatic heterocycles. The Balaban J connectivity index is 2.12. The monoisotopic (exact) mass is 356 g/mol. The third kappa shape index (κ3) is 4.71. The largest absolute Gasteiger partial charge is 0.325 e.